The lowest BCUT2D eigenvalue weighted by Crippen LogP contribution is -2.55. The molecule has 0 N–H and O–H groups in total. The maximum Gasteiger partial charge on any atom is 0.228 e. The van der Waals surface area contributed by atoms with Gasteiger partial charge in [-0.3, -0.25) is 14.5 Å². The number of benzene rings is 1. The van der Waals surface area contributed by atoms with Crippen LogP contribution in [-0.2, 0) is 22.4 Å². The summed E-state index contributed by atoms with van der Waals surface area (Å²) in [7, 11) is 1.81. The standard InChI is InChI=1S/C21H29N3O2/c1-21(2)18(14-19(25)22(21)3)20(26)24-10-8-23(9-11-24)17-12-15-6-4-5-7-16(15)13-17/h4-7,17-18H,8-14H2,1-3H3/t18-/m0/s1. The Bertz CT molecular complexity index is 697. The summed E-state index contributed by atoms with van der Waals surface area (Å²) in [5.74, 6) is 0.0139. The second-order valence-corrected chi connectivity index (χ2v) is 8.56. The number of hydrogen-bond donors (Lipinski definition) is 0. The summed E-state index contributed by atoms with van der Waals surface area (Å²) >= 11 is 0. The topological polar surface area (TPSA) is 43.9 Å². The molecule has 26 heavy (non-hydrogen) atoms. The van der Waals surface area contributed by atoms with Gasteiger partial charge in [0.05, 0.1) is 5.92 Å². The number of hydrogen-bond acceptors (Lipinski definition) is 3. The van der Waals surface area contributed by atoms with Crippen LogP contribution in [0.1, 0.15) is 31.4 Å². The van der Waals surface area contributed by atoms with Crippen molar-refractivity contribution in [2.45, 2.75) is 44.7 Å². The Morgan fingerprint density at radius 3 is 2.08 bits per heavy atom. The molecule has 0 bridgehead atoms. The van der Waals surface area contributed by atoms with Crippen LogP contribution in [-0.4, -0.2) is 71.3 Å². The lowest BCUT2D eigenvalue weighted by atomic mass is 9.87. The van der Waals surface area contributed by atoms with Gasteiger partial charge < -0.3 is 9.80 Å². The highest BCUT2D eigenvalue weighted by Gasteiger charge is 2.49. The van der Waals surface area contributed by atoms with Crippen molar-refractivity contribution < 1.29 is 9.59 Å². The predicted octanol–water partition coefficient (Wildman–Crippen LogP) is 1.55. The smallest absolute Gasteiger partial charge is 0.228 e. The minimum atomic E-state index is -0.390. The van der Waals surface area contributed by atoms with E-state index in [9.17, 15) is 9.59 Å². The Morgan fingerprint density at radius 1 is 1.00 bits per heavy atom. The van der Waals surface area contributed by atoms with Crippen LogP contribution in [0.5, 0.6) is 0 Å². The first-order valence-corrected chi connectivity index (χ1v) is 9.74. The molecular weight excluding hydrogens is 326 g/mol. The summed E-state index contributed by atoms with van der Waals surface area (Å²) in [4.78, 5) is 31.4. The number of carbonyl (C=O) groups excluding carboxylic acids is 2. The Kier molecular flexibility index (Phi) is 4.30. The molecule has 1 aliphatic carbocycles. The van der Waals surface area contributed by atoms with Gasteiger partial charge in [0.25, 0.3) is 0 Å². The van der Waals surface area contributed by atoms with Gasteiger partial charge in [-0.15, -0.1) is 0 Å². The van der Waals surface area contributed by atoms with Gasteiger partial charge in [0.1, 0.15) is 0 Å². The average Bonchev–Trinajstić information content (AvgIpc) is 3.16. The fourth-order valence-corrected chi connectivity index (χ4v) is 4.83. The molecule has 0 unspecified atom stereocenters. The van der Waals surface area contributed by atoms with Crippen molar-refractivity contribution in [2.24, 2.45) is 5.92 Å². The third-order valence-corrected chi connectivity index (χ3v) is 6.94. The average molecular weight is 355 g/mol. The molecule has 2 saturated heterocycles. The lowest BCUT2D eigenvalue weighted by Gasteiger charge is -2.41. The third-order valence-electron chi connectivity index (χ3n) is 6.94. The number of carbonyl (C=O) groups is 2. The Balaban J connectivity index is 1.36. The van der Waals surface area contributed by atoms with Crippen molar-refractivity contribution in [1.82, 2.24) is 14.7 Å². The zero-order valence-electron chi connectivity index (χ0n) is 16.1. The van der Waals surface area contributed by atoms with Crippen LogP contribution >= 0.6 is 0 Å². The zero-order valence-corrected chi connectivity index (χ0v) is 16.1. The first-order valence-electron chi connectivity index (χ1n) is 9.74. The molecule has 2 fully saturated rings. The Hall–Kier alpha value is -1.88. The van der Waals surface area contributed by atoms with Gasteiger partial charge in [-0.05, 0) is 37.8 Å². The third kappa shape index (κ3) is 2.82. The molecule has 3 aliphatic rings. The van der Waals surface area contributed by atoms with E-state index in [4.69, 9.17) is 0 Å². The second kappa shape index (κ2) is 6.38. The molecule has 0 aromatic heterocycles. The van der Waals surface area contributed by atoms with Gasteiger partial charge in [-0.2, -0.15) is 0 Å². The summed E-state index contributed by atoms with van der Waals surface area (Å²) in [5.41, 5.74) is 2.56. The van der Waals surface area contributed by atoms with Crippen LogP contribution in [0.4, 0.5) is 0 Å². The molecule has 0 saturated carbocycles. The fraction of sp³-hybridized carbons (Fsp3) is 0.619. The number of amides is 2. The molecule has 0 spiro atoms. The molecule has 1 aromatic rings. The minimum Gasteiger partial charge on any atom is -0.340 e. The number of nitrogens with zero attached hydrogens (tertiary/aromatic N) is 3. The zero-order chi connectivity index (χ0) is 18.5. The number of likely N-dealkylation sites (tertiary alicyclic amines) is 1. The number of piperazine rings is 1. The summed E-state index contributed by atoms with van der Waals surface area (Å²) < 4.78 is 0. The summed E-state index contributed by atoms with van der Waals surface area (Å²) in [6.45, 7) is 7.42. The second-order valence-electron chi connectivity index (χ2n) is 8.56. The molecule has 5 nitrogen and oxygen atoms in total. The van der Waals surface area contributed by atoms with Crippen LogP contribution in [0.15, 0.2) is 24.3 Å². The highest BCUT2D eigenvalue weighted by atomic mass is 16.2. The van der Waals surface area contributed by atoms with Crippen LogP contribution in [0, 0.1) is 5.92 Å². The van der Waals surface area contributed by atoms with E-state index in [1.807, 2.05) is 25.8 Å². The van der Waals surface area contributed by atoms with Gasteiger partial charge in [0, 0.05) is 51.2 Å². The van der Waals surface area contributed by atoms with E-state index < -0.39 is 5.54 Å². The van der Waals surface area contributed by atoms with Gasteiger partial charge in [0.2, 0.25) is 11.8 Å². The van der Waals surface area contributed by atoms with E-state index >= 15 is 0 Å². The van der Waals surface area contributed by atoms with Crippen molar-refractivity contribution in [1.29, 1.82) is 0 Å². The van der Waals surface area contributed by atoms with Crippen molar-refractivity contribution in [3.05, 3.63) is 35.4 Å². The summed E-state index contributed by atoms with van der Waals surface area (Å²) in [5, 5.41) is 0. The molecular formula is C21H29N3O2. The maximum atomic E-state index is 13.0. The highest BCUT2D eigenvalue weighted by Crippen LogP contribution is 2.36. The van der Waals surface area contributed by atoms with Crippen molar-refractivity contribution in [3.63, 3.8) is 0 Å². The molecule has 2 heterocycles. The normalized spacial score (nSPS) is 26.4. The number of fused-ring (bicyclic) bond motifs is 1. The molecule has 2 amide bonds. The minimum absolute atomic E-state index is 0.0794. The molecule has 0 radical (unpaired) electrons. The first kappa shape index (κ1) is 17.5. The van der Waals surface area contributed by atoms with Gasteiger partial charge in [-0.1, -0.05) is 24.3 Å². The largest absolute Gasteiger partial charge is 0.340 e. The summed E-state index contributed by atoms with van der Waals surface area (Å²) in [6.07, 6.45) is 2.60. The molecule has 1 aromatic carbocycles. The van der Waals surface area contributed by atoms with Crippen molar-refractivity contribution in [3.8, 4) is 0 Å². The Morgan fingerprint density at radius 2 is 1.58 bits per heavy atom. The van der Waals surface area contributed by atoms with Crippen molar-refractivity contribution in [2.75, 3.05) is 33.2 Å². The van der Waals surface area contributed by atoms with Crippen molar-refractivity contribution >= 4 is 11.8 Å². The van der Waals surface area contributed by atoms with E-state index in [-0.39, 0.29) is 17.7 Å². The molecule has 4 rings (SSSR count). The van der Waals surface area contributed by atoms with Crippen LogP contribution in [0.2, 0.25) is 0 Å². The predicted molar refractivity (Wildman–Crippen MR) is 101 cm³/mol. The quantitative estimate of drug-likeness (QED) is 0.809. The van der Waals surface area contributed by atoms with Crippen LogP contribution in [0.25, 0.3) is 0 Å². The fourth-order valence-electron chi connectivity index (χ4n) is 4.83. The van der Waals surface area contributed by atoms with Gasteiger partial charge in [-0.25, -0.2) is 0 Å². The summed E-state index contributed by atoms with van der Waals surface area (Å²) in [6, 6.07) is 9.30. The number of rotatable bonds is 2. The molecule has 1 atom stereocenters. The van der Waals surface area contributed by atoms with Gasteiger partial charge >= 0.3 is 0 Å². The van der Waals surface area contributed by atoms with E-state index in [0.717, 1.165) is 39.0 Å². The highest BCUT2D eigenvalue weighted by molar-refractivity contribution is 5.91. The SMILES string of the molecule is CN1C(=O)C[C@@H](C(=O)N2CCN(C3Cc4ccccc4C3)CC2)C1(C)C. The Labute approximate surface area is 155 Å². The molecule has 140 valence electrons. The molecule has 2 aliphatic heterocycles. The van der Waals surface area contributed by atoms with E-state index in [0.29, 0.717) is 12.5 Å². The monoisotopic (exact) mass is 355 g/mol. The van der Waals surface area contributed by atoms with E-state index in [1.54, 1.807) is 4.90 Å². The van der Waals surface area contributed by atoms with E-state index in [2.05, 4.69) is 29.2 Å². The van der Waals surface area contributed by atoms with E-state index in [1.165, 1.54) is 11.1 Å². The first-order chi connectivity index (χ1) is 12.4. The van der Waals surface area contributed by atoms with Crippen LogP contribution < -0.4 is 0 Å². The maximum absolute atomic E-state index is 13.0. The lowest BCUT2D eigenvalue weighted by molar-refractivity contribution is -0.139. The van der Waals surface area contributed by atoms with Gasteiger partial charge in [0.15, 0.2) is 0 Å². The molecule has 5 heteroatoms. The van der Waals surface area contributed by atoms with Crippen LogP contribution in [0.3, 0.4) is 0 Å².